The molecule has 1 N–H and O–H groups in total. The van der Waals surface area contributed by atoms with E-state index in [1.54, 1.807) is 14.2 Å². The van der Waals surface area contributed by atoms with E-state index in [1.807, 2.05) is 55.5 Å². The van der Waals surface area contributed by atoms with Crippen LogP contribution in [0.1, 0.15) is 44.6 Å². The molecule has 1 unspecified atom stereocenters. The van der Waals surface area contributed by atoms with Crippen LogP contribution in [0.5, 0.6) is 17.2 Å². The fourth-order valence-electron chi connectivity index (χ4n) is 3.48. The number of amides is 1. The normalized spacial score (nSPS) is 11.8. The van der Waals surface area contributed by atoms with Crippen molar-refractivity contribution in [1.82, 2.24) is 20.1 Å². The third-order valence-electron chi connectivity index (χ3n) is 5.45. The van der Waals surface area contributed by atoms with Crippen LogP contribution in [0, 0.1) is 5.92 Å². The van der Waals surface area contributed by atoms with Gasteiger partial charge in [0.25, 0.3) is 0 Å². The van der Waals surface area contributed by atoms with Crippen molar-refractivity contribution in [2.24, 2.45) is 5.92 Å². The van der Waals surface area contributed by atoms with Crippen molar-refractivity contribution in [1.29, 1.82) is 0 Å². The lowest BCUT2D eigenvalue weighted by Gasteiger charge is -2.18. The second-order valence-corrected chi connectivity index (χ2v) is 9.46. The van der Waals surface area contributed by atoms with Crippen molar-refractivity contribution in [2.75, 3.05) is 20.0 Å². The number of nitrogens with zero attached hydrogens (tertiary/aromatic N) is 3. The number of para-hydroxylation sites is 1. The van der Waals surface area contributed by atoms with Crippen LogP contribution in [0.4, 0.5) is 0 Å². The summed E-state index contributed by atoms with van der Waals surface area (Å²) < 4.78 is 18.7. The molecule has 9 heteroatoms. The van der Waals surface area contributed by atoms with E-state index in [4.69, 9.17) is 14.2 Å². The average molecular weight is 499 g/mol. The Hall–Kier alpha value is -3.20. The van der Waals surface area contributed by atoms with Crippen LogP contribution >= 0.6 is 11.8 Å². The first-order valence-electron chi connectivity index (χ1n) is 11.6. The molecule has 3 aromatic rings. The molecule has 0 aliphatic rings. The summed E-state index contributed by atoms with van der Waals surface area (Å²) in [6.45, 7) is 7.36. The van der Waals surface area contributed by atoms with Crippen LogP contribution < -0.4 is 19.5 Å². The summed E-state index contributed by atoms with van der Waals surface area (Å²) in [4.78, 5) is 12.8. The Bertz CT molecular complexity index is 1090. The molecule has 0 bridgehead atoms. The van der Waals surface area contributed by atoms with E-state index in [-0.39, 0.29) is 17.7 Å². The maximum absolute atomic E-state index is 12.8. The maximum atomic E-state index is 12.8. The van der Waals surface area contributed by atoms with Gasteiger partial charge in [-0.1, -0.05) is 43.8 Å². The predicted molar refractivity (Wildman–Crippen MR) is 137 cm³/mol. The fraction of sp³-hybridized carbons (Fsp3) is 0.423. The second-order valence-electron chi connectivity index (χ2n) is 8.52. The molecule has 188 valence electrons. The quantitative estimate of drug-likeness (QED) is 0.336. The van der Waals surface area contributed by atoms with Gasteiger partial charge in [0.15, 0.2) is 11.0 Å². The summed E-state index contributed by atoms with van der Waals surface area (Å²) in [5, 5.41) is 12.4. The lowest BCUT2D eigenvalue weighted by Crippen LogP contribution is -2.28. The van der Waals surface area contributed by atoms with E-state index >= 15 is 0 Å². The van der Waals surface area contributed by atoms with Gasteiger partial charge in [0.05, 0.1) is 26.0 Å². The smallest absolute Gasteiger partial charge is 0.230 e. The zero-order valence-corrected chi connectivity index (χ0v) is 21.8. The van der Waals surface area contributed by atoms with Gasteiger partial charge in [0.2, 0.25) is 5.91 Å². The van der Waals surface area contributed by atoms with Crippen molar-refractivity contribution in [3.8, 4) is 17.2 Å². The van der Waals surface area contributed by atoms with E-state index < -0.39 is 0 Å². The van der Waals surface area contributed by atoms with E-state index in [0.717, 1.165) is 30.1 Å². The number of aromatic nitrogens is 3. The highest BCUT2D eigenvalue weighted by Gasteiger charge is 2.18. The van der Waals surface area contributed by atoms with Gasteiger partial charge >= 0.3 is 0 Å². The molecule has 1 atom stereocenters. The van der Waals surface area contributed by atoms with Crippen molar-refractivity contribution in [3.05, 3.63) is 59.9 Å². The first-order chi connectivity index (χ1) is 16.9. The highest BCUT2D eigenvalue weighted by Crippen LogP contribution is 2.29. The largest absolute Gasteiger partial charge is 0.497 e. The summed E-state index contributed by atoms with van der Waals surface area (Å²) in [6, 6.07) is 14.9. The Labute approximate surface area is 211 Å². The number of nitrogens with one attached hydrogen (secondary N) is 1. The Morgan fingerprint density at radius 3 is 2.49 bits per heavy atom. The number of ether oxygens (including phenoxy) is 3. The number of hydrogen-bond acceptors (Lipinski definition) is 7. The van der Waals surface area contributed by atoms with E-state index in [0.29, 0.717) is 29.2 Å². The SMILES string of the molecule is COc1ccc(OC)c(C(C)NC(=O)CSc2nnc(COc3ccccc3)n2CCC(C)C)c1. The summed E-state index contributed by atoms with van der Waals surface area (Å²) in [5.74, 6) is 3.57. The second kappa shape index (κ2) is 13.0. The van der Waals surface area contributed by atoms with Gasteiger partial charge in [0.1, 0.15) is 23.9 Å². The Morgan fingerprint density at radius 2 is 1.80 bits per heavy atom. The molecule has 0 spiro atoms. The molecule has 0 saturated heterocycles. The Kier molecular flexibility index (Phi) is 9.84. The maximum Gasteiger partial charge on any atom is 0.230 e. The summed E-state index contributed by atoms with van der Waals surface area (Å²) in [6.07, 6.45) is 0.975. The van der Waals surface area contributed by atoms with Crippen LogP contribution in [0.25, 0.3) is 0 Å². The molecular formula is C26H34N4O4S. The Morgan fingerprint density at radius 1 is 1.03 bits per heavy atom. The van der Waals surface area contributed by atoms with Crippen LogP contribution in [-0.2, 0) is 17.9 Å². The molecule has 8 nitrogen and oxygen atoms in total. The molecular weight excluding hydrogens is 464 g/mol. The summed E-state index contributed by atoms with van der Waals surface area (Å²) in [5.41, 5.74) is 0.852. The van der Waals surface area contributed by atoms with Crippen LogP contribution in [0.3, 0.4) is 0 Å². The third kappa shape index (κ3) is 7.65. The van der Waals surface area contributed by atoms with E-state index in [1.165, 1.54) is 11.8 Å². The minimum Gasteiger partial charge on any atom is -0.497 e. The van der Waals surface area contributed by atoms with Gasteiger partial charge in [-0.25, -0.2) is 0 Å². The molecule has 0 saturated carbocycles. The van der Waals surface area contributed by atoms with Crippen molar-refractivity contribution in [3.63, 3.8) is 0 Å². The monoisotopic (exact) mass is 498 g/mol. The molecule has 3 rings (SSSR count). The molecule has 1 amide bonds. The average Bonchev–Trinajstić information content (AvgIpc) is 3.26. The number of benzene rings is 2. The standard InChI is InChI=1S/C26H34N4O4S/c1-18(2)13-14-30-24(16-34-20-9-7-6-8-10-20)28-29-26(30)35-17-25(31)27-19(3)22-15-21(32-4)11-12-23(22)33-5/h6-12,15,18-19H,13-14,16-17H2,1-5H3,(H,27,31). The van der Waals surface area contributed by atoms with Gasteiger partial charge in [-0.05, 0) is 49.6 Å². The van der Waals surface area contributed by atoms with E-state index in [9.17, 15) is 4.79 Å². The molecule has 2 aromatic carbocycles. The van der Waals surface area contributed by atoms with Crippen LogP contribution in [0.15, 0.2) is 53.7 Å². The van der Waals surface area contributed by atoms with Gasteiger partial charge in [-0.15, -0.1) is 10.2 Å². The van der Waals surface area contributed by atoms with Crippen molar-refractivity contribution >= 4 is 17.7 Å². The summed E-state index contributed by atoms with van der Waals surface area (Å²) >= 11 is 1.37. The third-order valence-corrected chi connectivity index (χ3v) is 6.41. The minimum atomic E-state index is -0.248. The zero-order chi connectivity index (χ0) is 25.2. The number of carbonyl (C=O) groups excluding carboxylic acids is 1. The highest BCUT2D eigenvalue weighted by atomic mass is 32.2. The minimum absolute atomic E-state index is 0.104. The number of thioether (sulfide) groups is 1. The molecule has 0 aliphatic heterocycles. The summed E-state index contributed by atoms with van der Waals surface area (Å²) in [7, 11) is 3.22. The predicted octanol–water partition coefficient (Wildman–Crippen LogP) is 4.89. The van der Waals surface area contributed by atoms with Gasteiger partial charge < -0.3 is 24.1 Å². The molecule has 0 fully saturated rings. The van der Waals surface area contributed by atoms with Crippen molar-refractivity contribution in [2.45, 2.75) is 51.5 Å². The topological polar surface area (TPSA) is 87.5 Å². The fourth-order valence-corrected chi connectivity index (χ4v) is 4.27. The molecule has 1 aromatic heterocycles. The molecule has 35 heavy (non-hydrogen) atoms. The van der Waals surface area contributed by atoms with E-state index in [2.05, 4.69) is 33.9 Å². The molecule has 1 heterocycles. The number of hydrogen-bond donors (Lipinski definition) is 1. The lowest BCUT2D eigenvalue weighted by atomic mass is 10.1. The van der Waals surface area contributed by atoms with Crippen molar-refractivity contribution < 1.29 is 19.0 Å². The zero-order valence-electron chi connectivity index (χ0n) is 21.0. The number of methoxy groups -OCH3 is 2. The highest BCUT2D eigenvalue weighted by molar-refractivity contribution is 7.99. The van der Waals surface area contributed by atoms with Crippen LogP contribution in [-0.4, -0.2) is 40.6 Å². The molecule has 0 radical (unpaired) electrons. The molecule has 0 aliphatic carbocycles. The number of carbonyl (C=O) groups is 1. The first-order valence-corrected chi connectivity index (χ1v) is 12.6. The lowest BCUT2D eigenvalue weighted by molar-refractivity contribution is -0.119. The first kappa shape index (κ1) is 26.4. The van der Waals surface area contributed by atoms with Crippen LogP contribution in [0.2, 0.25) is 0 Å². The van der Waals surface area contributed by atoms with Gasteiger partial charge in [0, 0.05) is 12.1 Å². The van der Waals surface area contributed by atoms with Gasteiger partial charge in [-0.2, -0.15) is 0 Å². The Balaban J connectivity index is 1.64. The van der Waals surface area contributed by atoms with Gasteiger partial charge in [-0.3, -0.25) is 4.79 Å². The number of rotatable bonds is 13.